The number of nitrogens with one attached hydrogen (secondary N) is 3. The molecular weight excluding hydrogens is 440 g/mol. The molecule has 8 nitrogen and oxygen atoms in total. The number of benzene rings is 2. The lowest BCUT2D eigenvalue weighted by Crippen LogP contribution is -2.43. The van der Waals surface area contributed by atoms with Crippen LogP contribution in [0.5, 0.6) is 0 Å². The maximum absolute atomic E-state index is 12.9. The van der Waals surface area contributed by atoms with Crippen LogP contribution in [0.1, 0.15) is 49.9 Å². The Balaban J connectivity index is 1.66. The second-order valence-electron chi connectivity index (χ2n) is 8.07. The Labute approximate surface area is 195 Å². The van der Waals surface area contributed by atoms with E-state index >= 15 is 0 Å². The van der Waals surface area contributed by atoms with Crippen LogP contribution in [0.2, 0.25) is 0 Å². The quantitative estimate of drug-likeness (QED) is 0.492. The van der Waals surface area contributed by atoms with Gasteiger partial charge in [-0.3, -0.25) is 9.59 Å². The molecular formula is C24H32N4O4S. The van der Waals surface area contributed by atoms with Gasteiger partial charge in [-0.2, -0.15) is 0 Å². The van der Waals surface area contributed by atoms with Gasteiger partial charge >= 0.3 is 0 Å². The Morgan fingerprint density at radius 3 is 2.36 bits per heavy atom. The van der Waals surface area contributed by atoms with Crippen LogP contribution >= 0.6 is 0 Å². The number of hydrogen-bond acceptors (Lipinski definition) is 5. The second-order valence-corrected chi connectivity index (χ2v) is 9.84. The van der Waals surface area contributed by atoms with E-state index in [1.165, 1.54) is 37.1 Å². The molecule has 9 heteroatoms. The van der Waals surface area contributed by atoms with Crippen LogP contribution in [0.3, 0.4) is 0 Å². The van der Waals surface area contributed by atoms with E-state index in [9.17, 15) is 18.0 Å². The highest BCUT2D eigenvalue weighted by Gasteiger charge is 2.22. The van der Waals surface area contributed by atoms with Crippen LogP contribution in [-0.2, 0) is 14.8 Å². The first kappa shape index (κ1) is 24.7. The fourth-order valence-corrected chi connectivity index (χ4v) is 4.88. The van der Waals surface area contributed by atoms with Gasteiger partial charge in [-0.25, -0.2) is 13.1 Å². The number of rotatable bonds is 10. The third-order valence-corrected chi connectivity index (χ3v) is 7.11. The third kappa shape index (κ3) is 6.55. The summed E-state index contributed by atoms with van der Waals surface area (Å²) in [6.07, 6.45) is 3.54. The van der Waals surface area contributed by atoms with Gasteiger partial charge in [0.2, 0.25) is 15.9 Å². The lowest BCUT2D eigenvalue weighted by Gasteiger charge is -2.20. The van der Waals surface area contributed by atoms with Gasteiger partial charge in [-0.05, 0) is 61.7 Å². The van der Waals surface area contributed by atoms with Crippen molar-refractivity contribution in [3.05, 3.63) is 54.1 Å². The number of sulfonamides is 1. The maximum Gasteiger partial charge on any atom is 0.251 e. The summed E-state index contributed by atoms with van der Waals surface area (Å²) in [5, 5.41) is 5.70. The average molecular weight is 473 g/mol. The van der Waals surface area contributed by atoms with Crippen molar-refractivity contribution in [2.75, 3.05) is 29.9 Å². The predicted molar refractivity (Wildman–Crippen MR) is 130 cm³/mol. The first-order valence-electron chi connectivity index (χ1n) is 11.4. The van der Waals surface area contributed by atoms with Crippen LogP contribution in [0.4, 0.5) is 11.4 Å². The van der Waals surface area contributed by atoms with Gasteiger partial charge in [0.05, 0.1) is 4.90 Å². The van der Waals surface area contributed by atoms with Gasteiger partial charge in [-0.15, -0.1) is 0 Å². The fourth-order valence-electron chi connectivity index (χ4n) is 3.84. The molecule has 0 aromatic heterocycles. The zero-order valence-corrected chi connectivity index (χ0v) is 20.0. The molecule has 3 rings (SSSR count). The monoisotopic (exact) mass is 472 g/mol. The number of anilines is 2. The molecule has 2 amide bonds. The lowest BCUT2D eigenvalue weighted by molar-refractivity contribution is -0.118. The summed E-state index contributed by atoms with van der Waals surface area (Å²) in [5.74, 6) is -0.711. The molecule has 1 aliphatic rings. The van der Waals surface area contributed by atoms with E-state index in [0.717, 1.165) is 18.8 Å². The minimum atomic E-state index is -3.59. The SMILES string of the molecule is CCCC(NC(=O)c1ccc(S(=O)(=O)NCC)cc1)C(=O)Nc1cccc(N2CCCC2)c1. The Kier molecular flexibility index (Phi) is 8.46. The van der Waals surface area contributed by atoms with Gasteiger partial charge in [0.25, 0.3) is 5.91 Å². The molecule has 0 spiro atoms. The molecule has 1 fully saturated rings. The van der Waals surface area contributed by atoms with Gasteiger partial charge in [-0.1, -0.05) is 26.3 Å². The summed E-state index contributed by atoms with van der Waals surface area (Å²) in [4.78, 5) is 28.0. The summed E-state index contributed by atoms with van der Waals surface area (Å²) in [7, 11) is -3.59. The molecule has 2 aromatic carbocycles. The molecule has 0 saturated carbocycles. The van der Waals surface area contributed by atoms with E-state index in [-0.39, 0.29) is 22.9 Å². The topological polar surface area (TPSA) is 108 Å². The molecule has 1 atom stereocenters. The van der Waals surface area contributed by atoms with Crippen LogP contribution < -0.4 is 20.3 Å². The standard InChI is InChI=1S/C24H32N4O4S/c1-3-8-22(24(30)26-19-9-7-10-20(17-19)28-15-5-6-16-28)27-23(29)18-11-13-21(14-12-18)33(31,32)25-4-2/h7,9-14,17,22,25H,3-6,8,15-16H2,1-2H3,(H,26,30)(H,27,29). The molecule has 1 heterocycles. The number of carbonyl (C=O) groups excluding carboxylic acids is 2. The van der Waals surface area contributed by atoms with Gasteiger partial charge in [0, 0.05) is 36.6 Å². The van der Waals surface area contributed by atoms with Crippen molar-refractivity contribution in [3.8, 4) is 0 Å². The smallest absolute Gasteiger partial charge is 0.251 e. The van der Waals surface area contributed by atoms with Gasteiger partial charge in [0.1, 0.15) is 6.04 Å². The van der Waals surface area contributed by atoms with Gasteiger partial charge in [0.15, 0.2) is 0 Å². The normalized spacial score (nSPS) is 14.7. The van der Waals surface area contributed by atoms with Crippen LogP contribution in [0.25, 0.3) is 0 Å². The van der Waals surface area contributed by atoms with E-state index in [0.29, 0.717) is 18.5 Å². The predicted octanol–water partition coefficient (Wildman–Crippen LogP) is 3.12. The van der Waals surface area contributed by atoms with E-state index in [2.05, 4.69) is 20.3 Å². The summed E-state index contributed by atoms with van der Waals surface area (Å²) in [5.41, 5.74) is 2.06. The second kappa shape index (κ2) is 11.3. The zero-order chi connectivity index (χ0) is 23.8. The van der Waals surface area contributed by atoms with Crippen molar-refractivity contribution in [1.29, 1.82) is 0 Å². The van der Waals surface area contributed by atoms with E-state index in [4.69, 9.17) is 0 Å². The molecule has 2 aromatic rings. The fraction of sp³-hybridized carbons (Fsp3) is 0.417. The molecule has 0 aliphatic carbocycles. The van der Waals surface area contributed by atoms with E-state index < -0.39 is 22.0 Å². The summed E-state index contributed by atoms with van der Waals surface area (Å²) in [6.45, 7) is 5.95. The summed E-state index contributed by atoms with van der Waals surface area (Å²) < 4.78 is 26.6. The lowest BCUT2D eigenvalue weighted by atomic mass is 10.1. The molecule has 0 radical (unpaired) electrons. The minimum Gasteiger partial charge on any atom is -0.371 e. The first-order valence-corrected chi connectivity index (χ1v) is 12.9. The Bertz CT molecular complexity index is 1060. The Morgan fingerprint density at radius 1 is 1.03 bits per heavy atom. The average Bonchev–Trinajstić information content (AvgIpc) is 3.34. The number of nitrogens with zero attached hydrogens (tertiary/aromatic N) is 1. The van der Waals surface area contributed by atoms with Crippen molar-refractivity contribution in [2.45, 2.75) is 50.5 Å². The third-order valence-electron chi connectivity index (χ3n) is 5.55. The van der Waals surface area contributed by atoms with Crippen molar-refractivity contribution in [2.24, 2.45) is 0 Å². The van der Waals surface area contributed by atoms with E-state index in [1.54, 1.807) is 6.92 Å². The van der Waals surface area contributed by atoms with Crippen molar-refractivity contribution >= 4 is 33.2 Å². The largest absolute Gasteiger partial charge is 0.371 e. The molecule has 3 N–H and O–H groups in total. The van der Waals surface area contributed by atoms with Crippen molar-refractivity contribution < 1.29 is 18.0 Å². The number of carbonyl (C=O) groups is 2. The maximum atomic E-state index is 12.9. The molecule has 1 saturated heterocycles. The highest BCUT2D eigenvalue weighted by Crippen LogP contribution is 2.23. The minimum absolute atomic E-state index is 0.0848. The first-order chi connectivity index (χ1) is 15.8. The van der Waals surface area contributed by atoms with Crippen LogP contribution in [0, 0.1) is 0 Å². The highest BCUT2D eigenvalue weighted by atomic mass is 32.2. The zero-order valence-electron chi connectivity index (χ0n) is 19.1. The van der Waals surface area contributed by atoms with Crippen LogP contribution in [0.15, 0.2) is 53.4 Å². The molecule has 1 unspecified atom stereocenters. The summed E-state index contributed by atoms with van der Waals surface area (Å²) >= 11 is 0. The Hall–Kier alpha value is -2.91. The molecule has 178 valence electrons. The highest BCUT2D eigenvalue weighted by molar-refractivity contribution is 7.89. The van der Waals surface area contributed by atoms with Crippen LogP contribution in [-0.4, -0.2) is 45.9 Å². The van der Waals surface area contributed by atoms with Crippen molar-refractivity contribution in [1.82, 2.24) is 10.0 Å². The summed E-state index contributed by atoms with van der Waals surface area (Å²) in [6, 6.07) is 12.7. The number of amides is 2. The molecule has 1 aliphatic heterocycles. The van der Waals surface area contributed by atoms with E-state index in [1.807, 2.05) is 31.2 Å². The molecule has 0 bridgehead atoms. The molecule has 33 heavy (non-hydrogen) atoms. The van der Waals surface area contributed by atoms with Crippen molar-refractivity contribution in [3.63, 3.8) is 0 Å². The number of hydrogen-bond donors (Lipinski definition) is 3. The Morgan fingerprint density at radius 2 is 1.73 bits per heavy atom. The van der Waals surface area contributed by atoms with Gasteiger partial charge < -0.3 is 15.5 Å².